The Kier molecular flexibility index (Phi) is 11.2. The monoisotopic (exact) mass is 840 g/mol. The summed E-state index contributed by atoms with van der Waals surface area (Å²) >= 11 is 1.94. The summed E-state index contributed by atoms with van der Waals surface area (Å²) in [5.74, 6) is 0. The van der Waals surface area contributed by atoms with Gasteiger partial charge in [-0.25, -0.2) is 0 Å². The van der Waals surface area contributed by atoms with Crippen LogP contribution < -0.4 is 49.7 Å². The van der Waals surface area contributed by atoms with Gasteiger partial charge >= 0.3 is 0 Å². The normalized spacial score (nSPS) is 20.1. The SMILES string of the molecule is CCCC1=c2c([nH]c3ccccc23)=CC(C)(C)C1=CC=C1CCCC(C=CC2=CC3=c4ccccc4=[N+](CCC)C3=CC2(C)C)=C1Sc1ccccc1.[I-]. The number of fused-ring (bicyclic) bond motifs is 5. The molecule has 0 saturated carbocycles. The van der Waals surface area contributed by atoms with E-state index in [1.54, 1.807) is 0 Å². The molecule has 0 fully saturated rings. The number of hydrogen-bond acceptors (Lipinski definition) is 1. The van der Waals surface area contributed by atoms with Crippen LogP contribution in [0.5, 0.6) is 0 Å². The summed E-state index contributed by atoms with van der Waals surface area (Å²) in [4.78, 5) is 6.45. The Morgan fingerprint density at radius 2 is 1.56 bits per heavy atom. The van der Waals surface area contributed by atoms with E-state index in [1.807, 2.05) is 11.8 Å². The van der Waals surface area contributed by atoms with E-state index in [4.69, 9.17) is 0 Å². The zero-order chi connectivity index (χ0) is 36.7. The highest BCUT2D eigenvalue weighted by molar-refractivity contribution is 8.03. The van der Waals surface area contributed by atoms with Crippen molar-refractivity contribution < 1.29 is 24.0 Å². The fourth-order valence-corrected chi connectivity index (χ4v) is 10.00. The lowest BCUT2D eigenvalue weighted by molar-refractivity contribution is -0.0000110. The van der Waals surface area contributed by atoms with Crippen molar-refractivity contribution in [1.29, 1.82) is 0 Å². The van der Waals surface area contributed by atoms with E-state index in [-0.39, 0.29) is 34.8 Å². The first kappa shape index (κ1) is 38.4. The fourth-order valence-electron chi connectivity index (χ4n) is 8.87. The van der Waals surface area contributed by atoms with Crippen molar-refractivity contribution in [3.63, 3.8) is 0 Å². The molecule has 0 spiro atoms. The van der Waals surface area contributed by atoms with Crippen LogP contribution >= 0.6 is 11.8 Å². The number of para-hydroxylation sites is 2. The standard InChI is InChI=1S/C50H52N2S.HI/c1-7-17-39-42(50(5,6)32-44-47(39)40-23-12-14-24-43(40)51-44)29-27-35-19-16-18-34(48(35)53-37-20-10-9-11-21-37)26-28-36-31-41-38-22-13-15-25-45(38)52(30-8-2)46(41)33-49(36,3)4;/h9-15,20-29,31-33H,7-8,16-19,30H2,1-6H3;1H. The summed E-state index contributed by atoms with van der Waals surface area (Å²) in [6.45, 7) is 15.1. The molecule has 0 amide bonds. The van der Waals surface area contributed by atoms with Gasteiger partial charge in [0.25, 0.3) is 0 Å². The molecule has 276 valence electrons. The predicted molar refractivity (Wildman–Crippen MR) is 228 cm³/mol. The molecule has 1 aromatic heterocycles. The van der Waals surface area contributed by atoms with E-state index in [9.17, 15) is 0 Å². The molecule has 3 aromatic carbocycles. The Hall–Kier alpha value is -3.87. The molecule has 1 aliphatic heterocycles. The molecule has 4 aliphatic rings. The number of nitrogens with zero attached hydrogens (tertiary/aromatic N) is 1. The number of nitrogens with one attached hydrogen (secondary N) is 1. The van der Waals surface area contributed by atoms with Crippen molar-refractivity contribution in [2.75, 3.05) is 6.54 Å². The molecule has 0 bridgehead atoms. The molecule has 4 aromatic rings. The summed E-state index contributed by atoms with van der Waals surface area (Å²) in [6, 6.07) is 28.7. The second kappa shape index (κ2) is 15.7. The maximum atomic E-state index is 3.75. The third kappa shape index (κ3) is 7.17. The molecule has 2 nitrogen and oxygen atoms in total. The van der Waals surface area contributed by atoms with Crippen LogP contribution in [-0.4, -0.2) is 11.5 Å². The molecular weight excluding hydrogens is 788 g/mol. The van der Waals surface area contributed by atoms with Crippen LogP contribution in [0.3, 0.4) is 0 Å². The Bertz CT molecular complexity index is 2570. The van der Waals surface area contributed by atoms with Crippen molar-refractivity contribution >= 4 is 39.9 Å². The Morgan fingerprint density at radius 3 is 2.35 bits per heavy atom. The fraction of sp³-hybridized carbons (Fsp3) is 0.300. The minimum atomic E-state index is -0.0854. The summed E-state index contributed by atoms with van der Waals surface area (Å²) < 4.78 is 2.53. The highest BCUT2D eigenvalue weighted by atomic mass is 127. The van der Waals surface area contributed by atoms with Crippen LogP contribution in [0.1, 0.15) is 80.1 Å². The van der Waals surface area contributed by atoms with Crippen molar-refractivity contribution in [1.82, 2.24) is 9.56 Å². The van der Waals surface area contributed by atoms with Crippen molar-refractivity contribution in [3.8, 4) is 0 Å². The number of thioether (sulfide) groups is 1. The van der Waals surface area contributed by atoms with E-state index >= 15 is 0 Å². The average Bonchev–Trinajstić information content (AvgIpc) is 3.65. The van der Waals surface area contributed by atoms with Crippen molar-refractivity contribution in [2.24, 2.45) is 10.8 Å². The van der Waals surface area contributed by atoms with E-state index in [0.717, 1.165) is 45.1 Å². The van der Waals surface area contributed by atoms with E-state index in [0.29, 0.717) is 0 Å². The molecule has 0 radical (unpaired) electrons. The third-order valence-electron chi connectivity index (χ3n) is 11.5. The van der Waals surface area contributed by atoms with Crippen LogP contribution in [-0.2, 0) is 0 Å². The number of aromatic nitrogens is 1. The Balaban J connectivity index is 0.00000450. The molecule has 1 N–H and O–H groups in total. The van der Waals surface area contributed by atoms with Gasteiger partial charge in [-0.3, -0.25) is 0 Å². The van der Waals surface area contributed by atoms with Crippen molar-refractivity contribution in [2.45, 2.75) is 85.0 Å². The van der Waals surface area contributed by atoms with Gasteiger partial charge in [0.15, 0.2) is 0 Å². The number of benzene rings is 3. The topological polar surface area (TPSA) is 18.8 Å². The van der Waals surface area contributed by atoms with Gasteiger partial charge in [0.1, 0.15) is 6.54 Å². The Labute approximate surface area is 343 Å². The van der Waals surface area contributed by atoms with E-state index in [2.05, 4.69) is 172 Å². The smallest absolute Gasteiger partial charge is 0.213 e. The van der Waals surface area contributed by atoms with Crippen LogP contribution in [0.4, 0.5) is 0 Å². The average molecular weight is 841 g/mol. The summed E-state index contributed by atoms with van der Waals surface area (Å²) in [6.07, 6.45) is 23.9. The van der Waals surface area contributed by atoms with Gasteiger partial charge in [0, 0.05) is 54.6 Å². The van der Waals surface area contributed by atoms with Crippen LogP contribution in [0.25, 0.3) is 28.1 Å². The van der Waals surface area contributed by atoms with E-state index in [1.165, 1.54) is 81.0 Å². The summed E-state index contributed by atoms with van der Waals surface area (Å²) in [5, 5.41) is 6.70. The second-order valence-corrected chi connectivity index (χ2v) is 17.3. The summed E-state index contributed by atoms with van der Waals surface area (Å²) in [7, 11) is 0. The highest BCUT2D eigenvalue weighted by Crippen LogP contribution is 2.44. The minimum absolute atomic E-state index is 0. The number of halogens is 1. The molecular formula is C50H53IN2S. The van der Waals surface area contributed by atoms with Gasteiger partial charge in [-0.15, -0.1) is 0 Å². The molecule has 2 heterocycles. The number of allylic oxidation sites excluding steroid dienone is 10. The molecule has 4 heteroatoms. The molecule has 0 saturated heterocycles. The van der Waals surface area contributed by atoms with Gasteiger partial charge in [0.2, 0.25) is 11.1 Å². The first-order valence-corrected chi connectivity index (χ1v) is 20.6. The minimum Gasteiger partial charge on any atom is -1.00 e. The highest BCUT2D eigenvalue weighted by Gasteiger charge is 2.35. The van der Waals surface area contributed by atoms with Gasteiger partial charge in [-0.1, -0.05) is 139 Å². The summed E-state index contributed by atoms with van der Waals surface area (Å²) in [5.41, 5.74) is 11.0. The van der Waals surface area contributed by atoms with Gasteiger partial charge in [0.05, 0.1) is 10.8 Å². The first-order valence-electron chi connectivity index (χ1n) is 19.8. The molecule has 8 rings (SSSR count). The molecule has 54 heavy (non-hydrogen) atoms. The van der Waals surface area contributed by atoms with Crippen molar-refractivity contribution in [3.05, 3.63) is 169 Å². The zero-order valence-electron chi connectivity index (χ0n) is 32.7. The maximum absolute atomic E-state index is 3.75. The third-order valence-corrected chi connectivity index (χ3v) is 12.7. The number of rotatable bonds is 9. The second-order valence-electron chi connectivity index (χ2n) is 16.2. The van der Waals surface area contributed by atoms with Gasteiger partial charge < -0.3 is 29.0 Å². The zero-order valence-corrected chi connectivity index (χ0v) is 35.7. The molecule has 0 atom stereocenters. The number of hydrogen-bond donors (Lipinski definition) is 1. The van der Waals surface area contributed by atoms with Crippen LogP contribution in [0.15, 0.2) is 153 Å². The van der Waals surface area contributed by atoms with E-state index < -0.39 is 0 Å². The molecule has 0 unspecified atom stereocenters. The van der Waals surface area contributed by atoms with Crippen LogP contribution in [0.2, 0.25) is 0 Å². The lowest BCUT2D eigenvalue weighted by atomic mass is 9.74. The number of aromatic amines is 1. The first-order chi connectivity index (χ1) is 25.7. The van der Waals surface area contributed by atoms with Gasteiger partial charge in [-0.05, 0) is 90.0 Å². The van der Waals surface area contributed by atoms with Crippen LogP contribution in [0, 0.1) is 10.8 Å². The maximum Gasteiger partial charge on any atom is 0.213 e. The predicted octanol–water partition coefficient (Wildman–Crippen LogP) is 7.20. The lowest BCUT2D eigenvalue weighted by Crippen LogP contribution is -3.00. The Morgan fingerprint density at radius 1 is 0.796 bits per heavy atom. The quantitative estimate of drug-likeness (QED) is 0.140. The molecule has 3 aliphatic carbocycles. The van der Waals surface area contributed by atoms with Gasteiger partial charge in [-0.2, -0.15) is 4.58 Å². The lowest BCUT2D eigenvalue weighted by Gasteiger charge is -2.30. The number of H-pyrrole nitrogens is 1. The largest absolute Gasteiger partial charge is 1.00 e.